The lowest BCUT2D eigenvalue weighted by Gasteiger charge is -2.06. The van der Waals surface area contributed by atoms with Gasteiger partial charge in [-0.2, -0.15) is 0 Å². The van der Waals surface area contributed by atoms with Gasteiger partial charge in [-0.3, -0.25) is 0 Å². The van der Waals surface area contributed by atoms with Crippen LogP contribution in [-0.4, -0.2) is 5.11 Å². The molecule has 2 nitrogen and oxygen atoms in total. The average Bonchev–Trinajstić information content (AvgIpc) is 2.82. The maximum absolute atomic E-state index is 10.2. The van der Waals surface area contributed by atoms with Gasteiger partial charge in [-0.05, 0) is 17.7 Å². The van der Waals surface area contributed by atoms with Crippen LogP contribution in [0.1, 0.15) is 17.4 Å². The van der Waals surface area contributed by atoms with Crippen molar-refractivity contribution in [1.29, 1.82) is 0 Å². The van der Waals surface area contributed by atoms with Crippen molar-refractivity contribution in [3.63, 3.8) is 0 Å². The van der Waals surface area contributed by atoms with E-state index < -0.39 is 6.10 Å². The van der Waals surface area contributed by atoms with Gasteiger partial charge in [0.25, 0.3) is 0 Å². The second kappa shape index (κ2) is 4.07. The first kappa shape index (κ1) is 10.1. The number of rotatable bonds is 2. The Morgan fingerprint density at radius 1 is 0.882 bits per heavy atom. The topological polar surface area (TPSA) is 33.4 Å². The van der Waals surface area contributed by atoms with Gasteiger partial charge in [0, 0.05) is 5.39 Å². The average molecular weight is 224 g/mol. The molecule has 0 saturated carbocycles. The van der Waals surface area contributed by atoms with Crippen LogP contribution in [0, 0.1) is 0 Å². The van der Waals surface area contributed by atoms with Gasteiger partial charge in [-0.25, -0.2) is 0 Å². The van der Waals surface area contributed by atoms with Gasteiger partial charge in [0.1, 0.15) is 17.4 Å². The standard InChI is InChI=1S/C15H12O2/c16-15(11-6-2-1-3-7-11)14-10-12-8-4-5-9-13(12)17-14/h1-10,15-16H. The molecule has 1 N–H and O–H groups in total. The lowest BCUT2D eigenvalue weighted by molar-refractivity contribution is 0.192. The molecule has 2 aromatic carbocycles. The van der Waals surface area contributed by atoms with Crippen LogP contribution in [0.5, 0.6) is 0 Å². The second-order valence-electron chi connectivity index (χ2n) is 4.00. The first-order valence-corrected chi connectivity index (χ1v) is 5.56. The highest BCUT2D eigenvalue weighted by atomic mass is 16.4. The summed E-state index contributed by atoms with van der Waals surface area (Å²) in [6.45, 7) is 0. The highest BCUT2D eigenvalue weighted by Crippen LogP contribution is 2.27. The molecule has 0 amide bonds. The largest absolute Gasteiger partial charge is 0.458 e. The predicted molar refractivity (Wildman–Crippen MR) is 66.7 cm³/mol. The van der Waals surface area contributed by atoms with Crippen molar-refractivity contribution in [1.82, 2.24) is 0 Å². The van der Waals surface area contributed by atoms with Gasteiger partial charge >= 0.3 is 0 Å². The fourth-order valence-electron chi connectivity index (χ4n) is 1.94. The Bertz CT molecular complexity index is 592. The Labute approximate surface area is 99.1 Å². The van der Waals surface area contributed by atoms with E-state index in [1.807, 2.05) is 60.7 Å². The number of aliphatic hydroxyl groups is 1. The van der Waals surface area contributed by atoms with Crippen LogP contribution in [0.4, 0.5) is 0 Å². The minimum Gasteiger partial charge on any atom is -0.458 e. The third kappa shape index (κ3) is 1.83. The molecule has 0 spiro atoms. The fraction of sp³-hybridized carbons (Fsp3) is 0.0667. The maximum Gasteiger partial charge on any atom is 0.138 e. The summed E-state index contributed by atoms with van der Waals surface area (Å²) in [5.74, 6) is 0.581. The molecule has 0 radical (unpaired) electrons. The molecule has 0 fully saturated rings. The fourth-order valence-corrected chi connectivity index (χ4v) is 1.94. The monoisotopic (exact) mass is 224 g/mol. The van der Waals surface area contributed by atoms with Crippen LogP contribution in [0.3, 0.4) is 0 Å². The van der Waals surface area contributed by atoms with Crippen LogP contribution in [0.25, 0.3) is 11.0 Å². The summed E-state index contributed by atoms with van der Waals surface area (Å²) in [6.07, 6.45) is -0.705. The van der Waals surface area contributed by atoms with E-state index in [9.17, 15) is 5.11 Å². The van der Waals surface area contributed by atoms with Crippen molar-refractivity contribution in [2.24, 2.45) is 0 Å². The van der Waals surface area contributed by atoms with Gasteiger partial charge in [0.05, 0.1) is 0 Å². The van der Waals surface area contributed by atoms with Crippen LogP contribution < -0.4 is 0 Å². The van der Waals surface area contributed by atoms with E-state index >= 15 is 0 Å². The van der Waals surface area contributed by atoms with E-state index in [2.05, 4.69) is 0 Å². The minimum atomic E-state index is -0.705. The highest BCUT2D eigenvalue weighted by molar-refractivity contribution is 5.77. The van der Waals surface area contributed by atoms with E-state index in [1.54, 1.807) is 0 Å². The van der Waals surface area contributed by atoms with Crippen molar-refractivity contribution < 1.29 is 9.52 Å². The van der Waals surface area contributed by atoms with Gasteiger partial charge in [-0.15, -0.1) is 0 Å². The third-order valence-electron chi connectivity index (χ3n) is 2.83. The molecule has 1 atom stereocenters. The van der Waals surface area contributed by atoms with E-state index in [1.165, 1.54) is 0 Å². The van der Waals surface area contributed by atoms with Gasteiger partial charge < -0.3 is 9.52 Å². The number of furan rings is 1. The van der Waals surface area contributed by atoms with Gasteiger partial charge in [0.2, 0.25) is 0 Å². The molecule has 84 valence electrons. The molecule has 17 heavy (non-hydrogen) atoms. The molecule has 3 rings (SSSR count). The molecular weight excluding hydrogens is 212 g/mol. The highest BCUT2D eigenvalue weighted by Gasteiger charge is 2.14. The van der Waals surface area contributed by atoms with E-state index in [-0.39, 0.29) is 0 Å². The van der Waals surface area contributed by atoms with Crippen molar-refractivity contribution in [2.45, 2.75) is 6.10 Å². The van der Waals surface area contributed by atoms with E-state index in [0.717, 1.165) is 16.5 Å². The second-order valence-corrected chi connectivity index (χ2v) is 4.00. The number of aliphatic hydroxyl groups excluding tert-OH is 1. The number of para-hydroxylation sites is 1. The Morgan fingerprint density at radius 3 is 2.35 bits per heavy atom. The lowest BCUT2D eigenvalue weighted by Crippen LogP contribution is -1.96. The molecule has 1 unspecified atom stereocenters. The zero-order chi connectivity index (χ0) is 11.7. The van der Waals surface area contributed by atoms with Crippen molar-refractivity contribution in [3.05, 3.63) is 72.0 Å². The number of hydrogen-bond acceptors (Lipinski definition) is 2. The molecule has 0 bridgehead atoms. The van der Waals surface area contributed by atoms with Crippen molar-refractivity contribution >= 4 is 11.0 Å². The van der Waals surface area contributed by atoms with Crippen LogP contribution >= 0.6 is 0 Å². The predicted octanol–water partition coefficient (Wildman–Crippen LogP) is 3.51. The first-order valence-electron chi connectivity index (χ1n) is 5.56. The van der Waals surface area contributed by atoms with E-state index in [0.29, 0.717) is 5.76 Å². The Kier molecular flexibility index (Phi) is 2.42. The molecule has 1 heterocycles. The van der Waals surface area contributed by atoms with Crippen LogP contribution in [0.15, 0.2) is 65.1 Å². The molecule has 0 saturated heterocycles. The minimum absolute atomic E-state index is 0.581. The number of benzene rings is 2. The van der Waals surface area contributed by atoms with Crippen molar-refractivity contribution in [3.8, 4) is 0 Å². The quantitative estimate of drug-likeness (QED) is 0.722. The molecule has 1 aromatic heterocycles. The van der Waals surface area contributed by atoms with E-state index in [4.69, 9.17) is 4.42 Å². The first-order chi connectivity index (χ1) is 8.34. The molecule has 0 aliphatic rings. The summed E-state index contributed by atoms with van der Waals surface area (Å²) in [7, 11) is 0. The van der Waals surface area contributed by atoms with Gasteiger partial charge in [-0.1, -0.05) is 48.5 Å². The molecule has 0 aliphatic heterocycles. The Morgan fingerprint density at radius 2 is 1.59 bits per heavy atom. The lowest BCUT2D eigenvalue weighted by atomic mass is 10.1. The smallest absolute Gasteiger partial charge is 0.138 e. The van der Waals surface area contributed by atoms with Crippen LogP contribution in [-0.2, 0) is 0 Å². The summed E-state index contributed by atoms with van der Waals surface area (Å²) in [4.78, 5) is 0. The number of hydrogen-bond donors (Lipinski definition) is 1. The summed E-state index contributed by atoms with van der Waals surface area (Å²) in [5, 5.41) is 11.2. The summed E-state index contributed by atoms with van der Waals surface area (Å²) >= 11 is 0. The summed E-state index contributed by atoms with van der Waals surface area (Å²) in [6, 6.07) is 19.1. The summed E-state index contributed by atoms with van der Waals surface area (Å²) in [5.41, 5.74) is 1.64. The van der Waals surface area contributed by atoms with Crippen LogP contribution in [0.2, 0.25) is 0 Å². The third-order valence-corrected chi connectivity index (χ3v) is 2.83. The zero-order valence-corrected chi connectivity index (χ0v) is 9.21. The molecule has 0 aliphatic carbocycles. The maximum atomic E-state index is 10.2. The molecule has 3 aromatic rings. The zero-order valence-electron chi connectivity index (χ0n) is 9.21. The van der Waals surface area contributed by atoms with Gasteiger partial charge in [0.15, 0.2) is 0 Å². The Balaban J connectivity index is 2.04. The number of fused-ring (bicyclic) bond motifs is 1. The SMILES string of the molecule is OC(c1ccccc1)c1cc2ccccc2o1. The van der Waals surface area contributed by atoms with Crippen molar-refractivity contribution in [2.75, 3.05) is 0 Å². The Hall–Kier alpha value is -2.06. The molecular formula is C15H12O2. The summed E-state index contributed by atoms with van der Waals surface area (Å²) < 4.78 is 5.63. The molecule has 2 heteroatoms. The normalized spacial score (nSPS) is 12.8.